The summed E-state index contributed by atoms with van der Waals surface area (Å²) in [6.07, 6.45) is 6.39. The van der Waals surface area contributed by atoms with E-state index < -0.39 is 0 Å². The van der Waals surface area contributed by atoms with Crippen molar-refractivity contribution in [3.63, 3.8) is 0 Å². The van der Waals surface area contributed by atoms with Crippen molar-refractivity contribution in [3.05, 3.63) is 28.5 Å². The maximum Gasteiger partial charge on any atom is 0.241 e. The second-order valence-electron chi connectivity index (χ2n) is 5.67. The summed E-state index contributed by atoms with van der Waals surface area (Å²) in [7, 11) is 0. The molecule has 2 aromatic rings. The first kappa shape index (κ1) is 17.4. The minimum absolute atomic E-state index is 0.0642. The van der Waals surface area contributed by atoms with E-state index in [9.17, 15) is 4.79 Å². The van der Waals surface area contributed by atoms with Crippen molar-refractivity contribution in [3.8, 4) is 0 Å². The van der Waals surface area contributed by atoms with E-state index in [0.717, 1.165) is 17.1 Å². The Morgan fingerprint density at radius 3 is 3.00 bits per heavy atom. The van der Waals surface area contributed by atoms with E-state index in [0.29, 0.717) is 12.5 Å². The zero-order valence-corrected chi connectivity index (χ0v) is 14.3. The summed E-state index contributed by atoms with van der Waals surface area (Å²) in [6, 6.07) is 0. The van der Waals surface area contributed by atoms with E-state index in [2.05, 4.69) is 34.6 Å². The zero-order chi connectivity index (χ0) is 16.7. The summed E-state index contributed by atoms with van der Waals surface area (Å²) < 4.78 is 1.56. The minimum atomic E-state index is -0.172. The lowest BCUT2D eigenvalue weighted by atomic mass is 10.1. The number of rotatable bonds is 9. The molecule has 0 saturated carbocycles. The van der Waals surface area contributed by atoms with Gasteiger partial charge >= 0.3 is 0 Å². The van der Waals surface area contributed by atoms with Gasteiger partial charge in [0.25, 0.3) is 0 Å². The summed E-state index contributed by atoms with van der Waals surface area (Å²) in [5.74, 6) is 0.437. The molecule has 0 saturated heterocycles. The van der Waals surface area contributed by atoms with Crippen LogP contribution in [0, 0.1) is 5.92 Å². The highest BCUT2D eigenvalue weighted by Crippen LogP contribution is 2.18. The van der Waals surface area contributed by atoms with Crippen molar-refractivity contribution < 1.29 is 9.90 Å². The van der Waals surface area contributed by atoms with Gasteiger partial charge in [-0.25, -0.2) is 4.98 Å². The molecule has 0 atom stereocenters. The largest absolute Gasteiger partial charge is 0.395 e. The van der Waals surface area contributed by atoms with Crippen molar-refractivity contribution in [2.45, 2.75) is 33.4 Å². The number of aliphatic hydroxyl groups excluding tert-OH is 1. The van der Waals surface area contributed by atoms with Crippen LogP contribution in [0.5, 0.6) is 0 Å². The van der Waals surface area contributed by atoms with Gasteiger partial charge in [0.2, 0.25) is 5.91 Å². The van der Waals surface area contributed by atoms with Crippen LogP contribution in [-0.4, -0.2) is 38.9 Å². The molecular weight excluding hydrogens is 314 g/mol. The molecule has 1 amide bonds. The van der Waals surface area contributed by atoms with E-state index in [4.69, 9.17) is 5.11 Å². The second-order valence-corrected chi connectivity index (χ2v) is 6.87. The highest BCUT2D eigenvalue weighted by molar-refractivity contribution is 7.11. The molecule has 2 rings (SSSR count). The Morgan fingerprint density at radius 1 is 1.43 bits per heavy atom. The number of hydrogen-bond acceptors (Lipinski definition) is 6. The SMILES string of the molecule is CC(C)Cc1ncc(CNc2cnn(CC(=O)NCCO)c2)s1. The predicted octanol–water partition coefficient (Wildman–Crippen LogP) is 1.26. The van der Waals surface area contributed by atoms with Gasteiger partial charge in [0.15, 0.2) is 0 Å². The van der Waals surface area contributed by atoms with Crippen LogP contribution in [0.2, 0.25) is 0 Å². The van der Waals surface area contributed by atoms with Crippen molar-refractivity contribution in [2.75, 3.05) is 18.5 Å². The number of amides is 1. The molecule has 0 aromatic carbocycles. The molecule has 23 heavy (non-hydrogen) atoms. The van der Waals surface area contributed by atoms with Gasteiger partial charge in [-0.05, 0) is 5.92 Å². The van der Waals surface area contributed by atoms with Gasteiger partial charge in [0.05, 0.1) is 30.0 Å². The summed E-state index contributed by atoms with van der Waals surface area (Å²) in [4.78, 5) is 17.1. The first-order valence-electron chi connectivity index (χ1n) is 7.64. The quantitative estimate of drug-likeness (QED) is 0.641. The Hall–Kier alpha value is -1.93. The molecule has 2 aromatic heterocycles. The van der Waals surface area contributed by atoms with Gasteiger partial charge in [-0.1, -0.05) is 13.8 Å². The van der Waals surface area contributed by atoms with E-state index >= 15 is 0 Å². The molecule has 0 fully saturated rings. The highest BCUT2D eigenvalue weighted by Gasteiger charge is 2.06. The Balaban J connectivity index is 1.80. The molecule has 2 heterocycles. The standard InChI is InChI=1S/C15H23N5O2S/c1-11(2)5-15-18-8-13(23-15)7-17-12-6-19-20(9-12)10-14(22)16-3-4-21/h6,8-9,11,17,21H,3-5,7,10H2,1-2H3,(H,16,22). The molecule has 7 nitrogen and oxygen atoms in total. The third kappa shape index (κ3) is 5.99. The average molecular weight is 337 g/mol. The summed E-state index contributed by atoms with van der Waals surface area (Å²) in [5.41, 5.74) is 0.860. The van der Waals surface area contributed by atoms with Crippen molar-refractivity contribution in [1.82, 2.24) is 20.1 Å². The van der Waals surface area contributed by atoms with Crippen LogP contribution in [-0.2, 0) is 24.3 Å². The van der Waals surface area contributed by atoms with E-state index in [1.54, 1.807) is 28.4 Å². The molecule has 0 aliphatic carbocycles. The van der Waals surface area contributed by atoms with Crippen LogP contribution in [0.3, 0.4) is 0 Å². The molecule has 0 spiro atoms. The molecule has 3 N–H and O–H groups in total. The smallest absolute Gasteiger partial charge is 0.241 e. The average Bonchev–Trinajstić information content (AvgIpc) is 3.12. The van der Waals surface area contributed by atoms with E-state index in [1.807, 2.05) is 6.20 Å². The fourth-order valence-corrected chi connectivity index (χ4v) is 3.08. The first-order chi connectivity index (χ1) is 11.1. The molecular formula is C15H23N5O2S. The minimum Gasteiger partial charge on any atom is -0.395 e. The Kier molecular flexibility index (Phi) is 6.54. The summed E-state index contributed by atoms with van der Waals surface area (Å²) >= 11 is 1.72. The fourth-order valence-electron chi connectivity index (χ4n) is 2.00. The number of nitrogens with zero attached hydrogens (tertiary/aromatic N) is 3. The van der Waals surface area contributed by atoms with Crippen LogP contribution in [0.15, 0.2) is 18.6 Å². The Labute approximate surface area is 139 Å². The number of anilines is 1. The van der Waals surface area contributed by atoms with Crippen molar-refractivity contribution in [2.24, 2.45) is 5.92 Å². The van der Waals surface area contributed by atoms with E-state index in [1.165, 1.54) is 4.88 Å². The van der Waals surface area contributed by atoms with Gasteiger partial charge in [-0.15, -0.1) is 11.3 Å². The lowest BCUT2D eigenvalue weighted by Crippen LogP contribution is -2.30. The normalized spacial score (nSPS) is 11.0. The number of carbonyl (C=O) groups is 1. The van der Waals surface area contributed by atoms with Crippen LogP contribution in [0.4, 0.5) is 5.69 Å². The van der Waals surface area contributed by atoms with Gasteiger partial charge in [0, 0.05) is 30.2 Å². The number of aromatic nitrogens is 3. The molecule has 0 aliphatic rings. The van der Waals surface area contributed by atoms with Crippen LogP contribution >= 0.6 is 11.3 Å². The van der Waals surface area contributed by atoms with Crippen LogP contribution < -0.4 is 10.6 Å². The Bertz CT molecular complexity index is 623. The zero-order valence-electron chi connectivity index (χ0n) is 13.5. The maximum absolute atomic E-state index is 11.5. The number of thiazole rings is 1. The number of aliphatic hydroxyl groups is 1. The molecule has 126 valence electrons. The second kappa shape index (κ2) is 8.64. The van der Waals surface area contributed by atoms with Crippen molar-refractivity contribution in [1.29, 1.82) is 0 Å². The summed E-state index contributed by atoms with van der Waals surface area (Å²) in [6.45, 7) is 5.40. The molecule has 0 radical (unpaired) electrons. The fraction of sp³-hybridized carbons (Fsp3) is 0.533. The van der Waals surface area contributed by atoms with Crippen LogP contribution in [0.1, 0.15) is 23.7 Å². The number of carbonyl (C=O) groups excluding carboxylic acids is 1. The lowest BCUT2D eigenvalue weighted by Gasteiger charge is -2.03. The van der Waals surface area contributed by atoms with Crippen molar-refractivity contribution >= 4 is 22.9 Å². The van der Waals surface area contributed by atoms with Gasteiger partial charge in [-0.3, -0.25) is 9.48 Å². The van der Waals surface area contributed by atoms with Crippen LogP contribution in [0.25, 0.3) is 0 Å². The third-order valence-electron chi connectivity index (χ3n) is 3.02. The van der Waals surface area contributed by atoms with Gasteiger partial charge < -0.3 is 15.7 Å². The highest BCUT2D eigenvalue weighted by atomic mass is 32.1. The van der Waals surface area contributed by atoms with Gasteiger partial charge in [-0.2, -0.15) is 5.10 Å². The lowest BCUT2D eigenvalue weighted by molar-refractivity contribution is -0.122. The van der Waals surface area contributed by atoms with Gasteiger partial charge in [0.1, 0.15) is 6.54 Å². The molecule has 0 unspecified atom stereocenters. The number of nitrogens with one attached hydrogen (secondary N) is 2. The maximum atomic E-state index is 11.5. The third-order valence-corrected chi connectivity index (χ3v) is 4.04. The monoisotopic (exact) mass is 337 g/mol. The topological polar surface area (TPSA) is 92.1 Å². The first-order valence-corrected chi connectivity index (χ1v) is 8.46. The Morgan fingerprint density at radius 2 is 2.26 bits per heavy atom. The summed E-state index contributed by atoms with van der Waals surface area (Å²) in [5, 5.41) is 19.8. The molecule has 8 heteroatoms. The number of hydrogen-bond donors (Lipinski definition) is 3. The van der Waals surface area contributed by atoms with E-state index in [-0.39, 0.29) is 25.6 Å². The predicted molar refractivity (Wildman–Crippen MR) is 90.3 cm³/mol. The molecule has 0 bridgehead atoms. The molecule has 0 aliphatic heterocycles.